The van der Waals surface area contributed by atoms with E-state index in [4.69, 9.17) is 18.9 Å². The largest absolute Gasteiger partial charge is 0.488 e. The molecule has 1 aromatic heterocycles. The van der Waals surface area contributed by atoms with Gasteiger partial charge in [-0.15, -0.1) is 11.3 Å². The molecule has 6 rings (SSSR count). The minimum absolute atomic E-state index is 0.138. The molecule has 0 aliphatic carbocycles. The van der Waals surface area contributed by atoms with Gasteiger partial charge in [-0.1, -0.05) is 36.4 Å². The number of ether oxygens (including phenoxy) is 4. The van der Waals surface area contributed by atoms with Crippen LogP contribution in [-0.2, 0) is 16.9 Å². The number of fused-ring (bicyclic) bond motifs is 1. The van der Waals surface area contributed by atoms with E-state index in [1.165, 1.54) is 18.2 Å². The van der Waals surface area contributed by atoms with Crippen LogP contribution in [0.15, 0.2) is 77.1 Å². The van der Waals surface area contributed by atoms with Crippen LogP contribution in [-0.4, -0.2) is 49.7 Å². The third-order valence-electron chi connectivity index (χ3n) is 9.17. The van der Waals surface area contributed by atoms with E-state index in [9.17, 15) is 39.2 Å². The lowest BCUT2D eigenvalue weighted by molar-refractivity contribution is 0.0660. The Bertz CT molecular complexity index is 2450. The standard InChI is InChI=1S/C42H31F5N4O6S/c1-42(33-34(43)36(45)38(47)37(46)35(33)44)29(28(22-50)39(57-42)26(20-48)21-49)10-12-32-41-40(54-17-18-55-41)31(58-32)11-8-25-7-9-27(51(13-15-52)14-16-53)19-30(25)56-23-24-5-3-2-4-6-24/h2-12,19,52-53H,13-18,23H2,1H3/b11-8+,12-10+. The molecule has 2 N–H and O–H groups in total. The first-order chi connectivity index (χ1) is 28.0. The highest BCUT2D eigenvalue weighted by molar-refractivity contribution is 7.14. The van der Waals surface area contributed by atoms with Crippen LogP contribution in [0.2, 0.25) is 0 Å². The fourth-order valence-electron chi connectivity index (χ4n) is 6.41. The topological polar surface area (TPSA) is 152 Å². The van der Waals surface area contributed by atoms with Crippen molar-refractivity contribution >= 4 is 35.3 Å². The summed E-state index contributed by atoms with van der Waals surface area (Å²) in [6, 6.07) is 19.7. The lowest BCUT2D eigenvalue weighted by Crippen LogP contribution is -2.29. The van der Waals surface area contributed by atoms with Gasteiger partial charge in [0.25, 0.3) is 0 Å². The predicted molar refractivity (Wildman–Crippen MR) is 202 cm³/mol. The molecule has 0 amide bonds. The Morgan fingerprint density at radius 1 is 0.828 bits per heavy atom. The van der Waals surface area contributed by atoms with Crippen LogP contribution < -0.4 is 19.1 Å². The number of thiophene rings is 1. The molecule has 0 bridgehead atoms. The van der Waals surface area contributed by atoms with Gasteiger partial charge in [-0.25, -0.2) is 22.0 Å². The van der Waals surface area contributed by atoms with E-state index in [1.54, 1.807) is 24.3 Å². The van der Waals surface area contributed by atoms with E-state index in [-0.39, 0.29) is 51.9 Å². The van der Waals surface area contributed by atoms with Gasteiger partial charge in [-0.05, 0) is 42.8 Å². The summed E-state index contributed by atoms with van der Waals surface area (Å²) in [4.78, 5) is 2.71. The number of benzene rings is 3. The molecule has 0 saturated carbocycles. The van der Waals surface area contributed by atoms with Crippen molar-refractivity contribution in [3.63, 3.8) is 0 Å². The molecular formula is C42H31F5N4O6S. The highest BCUT2D eigenvalue weighted by Crippen LogP contribution is 2.51. The van der Waals surface area contributed by atoms with Crippen molar-refractivity contribution in [1.82, 2.24) is 0 Å². The molecule has 3 aromatic carbocycles. The molecule has 58 heavy (non-hydrogen) atoms. The van der Waals surface area contributed by atoms with Crippen molar-refractivity contribution in [3.8, 4) is 35.5 Å². The van der Waals surface area contributed by atoms with E-state index in [0.717, 1.165) is 29.9 Å². The number of hydrogen-bond donors (Lipinski definition) is 2. The van der Waals surface area contributed by atoms with E-state index >= 15 is 8.78 Å². The van der Waals surface area contributed by atoms with Crippen molar-refractivity contribution in [1.29, 1.82) is 15.8 Å². The fourth-order valence-corrected chi connectivity index (χ4v) is 7.40. The Labute approximate surface area is 333 Å². The van der Waals surface area contributed by atoms with Gasteiger partial charge in [0.15, 0.2) is 51.7 Å². The minimum Gasteiger partial charge on any atom is -0.488 e. The number of aliphatic hydroxyl groups is 2. The van der Waals surface area contributed by atoms with Crippen LogP contribution in [0.25, 0.3) is 18.2 Å². The molecule has 2 aliphatic rings. The second-order valence-electron chi connectivity index (χ2n) is 12.7. The second kappa shape index (κ2) is 17.7. The summed E-state index contributed by atoms with van der Waals surface area (Å²) in [5, 5.41) is 48.5. The Morgan fingerprint density at radius 3 is 1.98 bits per heavy atom. The smallest absolute Gasteiger partial charge is 0.200 e. The van der Waals surface area contributed by atoms with Crippen LogP contribution in [0.1, 0.15) is 33.4 Å². The first-order valence-corrected chi connectivity index (χ1v) is 18.3. The van der Waals surface area contributed by atoms with Gasteiger partial charge in [0.05, 0.1) is 28.5 Å². The maximum absolute atomic E-state index is 15.4. The van der Waals surface area contributed by atoms with Gasteiger partial charge in [-0.3, -0.25) is 0 Å². The summed E-state index contributed by atoms with van der Waals surface area (Å²) in [7, 11) is 0. The van der Waals surface area contributed by atoms with Gasteiger partial charge in [0.2, 0.25) is 5.82 Å². The van der Waals surface area contributed by atoms with Gasteiger partial charge < -0.3 is 34.1 Å². The normalized spacial score (nSPS) is 16.0. The number of allylic oxidation sites excluding steroid dienone is 2. The zero-order chi connectivity index (χ0) is 41.6. The summed E-state index contributed by atoms with van der Waals surface area (Å²) in [6.45, 7) is 1.80. The van der Waals surface area contributed by atoms with Gasteiger partial charge in [-0.2, -0.15) is 15.8 Å². The lowest BCUT2D eigenvalue weighted by Gasteiger charge is -2.28. The van der Waals surface area contributed by atoms with Crippen LogP contribution in [0.3, 0.4) is 0 Å². The quantitative estimate of drug-likeness (QED) is 0.0591. The molecule has 4 aromatic rings. The van der Waals surface area contributed by atoms with Gasteiger partial charge in [0, 0.05) is 36.0 Å². The van der Waals surface area contributed by atoms with Crippen LogP contribution in [0.4, 0.5) is 27.6 Å². The van der Waals surface area contributed by atoms with E-state index in [2.05, 4.69) is 0 Å². The van der Waals surface area contributed by atoms with Crippen LogP contribution >= 0.6 is 11.3 Å². The average Bonchev–Trinajstić information content (AvgIpc) is 3.74. The summed E-state index contributed by atoms with van der Waals surface area (Å²) in [5.41, 5.74) is -3.50. The number of nitrogens with zero attached hydrogens (tertiary/aromatic N) is 4. The summed E-state index contributed by atoms with van der Waals surface area (Å²) < 4.78 is 97.7. The predicted octanol–water partition coefficient (Wildman–Crippen LogP) is 7.84. The highest BCUT2D eigenvalue weighted by Gasteiger charge is 2.49. The molecule has 0 radical (unpaired) electrons. The van der Waals surface area contributed by atoms with Crippen molar-refractivity contribution in [3.05, 3.63) is 133 Å². The zero-order valence-corrected chi connectivity index (χ0v) is 31.3. The maximum atomic E-state index is 15.4. The van der Waals surface area contributed by atoms with E-state index in [1.807, 2.05) is 47.4 Å². The minimum atomic E-state index is -2.59. The SMILES string of the molecule is CC1(c2c(F)c(F)c(F)c(F)c2F)OC(=C(C#N)C#N)C(C#N)=C1/C=C/c1sc(/C=C/c2ccc(N(CCO)CCO)cc2OCc2ccccc2)c2c1OCCO2. The molecule has 0 spiro atoms. The molecule has 2 aliphatic heterocycles. The number of halogens is 5. The van der Waals surface area contributed by atoms with Crippen molar-refractivity contribution in [2.24, 2.45) is 0 Å². The van der Waals surface area contributed by atoms with Crippen molar-refractivity contribution < 1.29 is 51.1 Å². The van der Waals surface area contributed by atoms with Crippen LogP contribution in [0, 0.1) is 63.1 Å². The van der Waals surface area contributed by atoms with Crippen molar-refractivity contribution in [2.45, 2.75) is 19.1 Å². The number of hydrogen-bond acceptors (Lipinski definition) is 11. The number of anilines is 1. The molecule has 1 atom stereocenters. The third kappa shape index (κ3) is 7.84. The molecule has 3 heterocycles. The monoisotopic (exact) mass is 814 g/mol. The first-order valence-electron chi connectivity index (χ1n) is 17.5. The Balaban J connectivity index is 1.43. The second-order valence-corrected chi connectivity index (χ2v) is 13.8. The molecule has 0 saturated heterocycles. The molecular weight excluding hydrogens is 784 g/mol. The Morgan fingerprint density at radius 2 is 1.41 bits per heavy atom. The number of nitriles is 3. The Hall–Kier alpha value is -6.64. The van der Waals surface area contributed by atoms with E-state index in [0.29, 0.717) is 32.5 Å². The number of rotatable bonds is 13. The van der Waals surface area contributed by atoms with Gasteiger partial charge in [0.1, 0.15) is 49.4 Å². The summed E-state index contributed by atoms with van der Waals surface area (Å²) in [6.07, 6.45) is 6.04. The third-order valence-corrected chi connectivity index (χ3v) is 10.3. The van der Waals surface area contributed by atoms with Crippen molar-refractivity contribution in [2.75, 3.05) is 44.4 Å². The van der Waals surface area contributed by atoms with E-state index < -0.39 is 62.7 Å². The fraction of sp³-hybridized carbons (Fsp3) is 0.214. The average molecular weight is 815 g/mol. The maximum Gasteiger partial charge on any atom is 0.200 e. The zero-order valence-electron chi connectivity index (χ0n) is 30.5. The Kier molecular flexibility index (Phi) is 12.5. The molecule has 16 heteroatoms. The van der Waals surface area contributed by atoms with Crippen LogP contribution in [0.5, 0.6) is 17.2 Å². The highest BCUT2D eigenvalue weighted by atomic mass is 32.1. The summed E-state index contributed by atoms with van der Waals surface area (Å²) >= 11 is 1.14. The molecule has 0 fully saturated rings. The molecule has 1 unspecified atom stereocenters. The molecule has 296 valence electrons. The molecule has 10 nitrogen and oxygen atoms in total. The summed E-state index contributed by atoms with van der Waals surface area (Å²) in [5.74, 6) is -11.0. The number of aliphatic hydroxyl groups excluding tert-OH is 2. The van der Waals surface area contributed by atoms with Gasteiger partial charge >= 0.3 is 0 Å². The lowest BCUT2D eigenvalue weighted by atomic mass is 9.85. The first kappa shape index (κ1) is 41.0.